The molecule has 1 aliphatic heterocycles. The number of hydrogen-bond donors (Lipinski definition) is 1. The molecule has 0 radical (unpaired) electrons. The molecule has 0 saturated carbocycles. The van der Waals surface area contributed by atoms with Crippen molar-refractivity contribution in [2.75, 3.05) is 26.7 Å². The number of rotatable bonds is 4. The Morgan fingerprint density at radius 1 is 1.57 bits per heavy atom. The second-order valence-electron chi connectivity index (χ2n) is 5.12. The first-order valence-corrected chi connectivity index (χ1v) is 7.15. The molecule has 1 unspecified atom stereocenters. The first-order chi connectivity index (χ1) is 10.8. The maximum absolute atomic E-state index is 12.7. The highest BCUT2D eigenvalue weighted by Gasteiger charge is 2.30. The summed E-state index contributed by atoms with van der Waals surface area (Å²) in [5.41, 5.74) is 1.31. The quantitative estimate of drug-likeness (QED) is 0.908. The summed E-state index contributed by atoms with van der Waals surface area (Å²) >= 11 is 0. The minimum Gasteiger partial charge on any atom is -0.377 e. The Labute approximate surface area is 140 Å². The van der Waals surface area contributed by atoms with E-state index < -0.39 is 0 Å². The lowest BCUT2D eigenvalue weighted by molar-refractivity contribution is 0.0623. The number of carbonyl (C=O) groups excluding carboxylic acids is 1. The van der Waals surface area contributed by atoms with Crippen molar-refractivity contribution in [3.63, 3.8) is 0 Å². The summed E-state index contributed by atoms with van der Waals surface area (Å²) in [6.45, 7) is 2.37. The fourth-order valence-corrected chi connectivity index (χ4v) is 2.59. The molecule has 0 spiro atoms. The van der Waals surface area contributed by atoms with Crippen LogP contribution in [0.1, 0.15) is 27.9 Å². The molecule has 0 bridgehead atoms. The van der Waals surface area contributed by atoms with Crippen LogP contribution in [0.15, 0.2) is 35.1 Å². The van der Waals surface area contributed by atoms with Gasteiger partial charge in [-0.05, 0) is 11.6 Å². The summed E-state index contributed by atoms with van der Waals surface area (Å²) in [6.07, 6.45) is 3.51. The van der Waals surface area contributed by atoms with Crippen LogP contribution in [-0.2, 0) is 11.3 Å². The van der Waals surface area contributed by atoms with Gasteiger partial charge in [-0.1, -0.05) is 11.2 Å². The van der Waals surface area contributed by atoms with E-state index in [0.717, 1.165) is 12.1 Å². The van der Waals surface area contributed by atoms with Crippen LogP contribution >= 0.6 is 12.4 Å². The van der Waals surface area contributed by atoms with Gasteiger partial charge in [0.15, 0.2) is 11.5 Å². The molecule has 0 aromatic carbocycles. The standard InChI is InChI=1S/C15H18N4O3.ClH/c1-21-10-12-7-13(18-22-12)15(20)19-6-5-17-9-14(19)11-3-2-4-16-8-11;/h2-4,7-8,14,17H,5-6,9-10H2,1H3;1H. The fourth-order valence-electron chi connectivity index (χ4n) is 2.59. The van der Waals surface area contributed by atoms with Crippen LogP contribution < -0.4 is 5.32 Å². The van der Waals surface area contributed by atoms with Crippen molar-refractivity contribution in [3.8, 4) is 0 Å². The molecule has 3 heterocycles. The van der Waals surface area contributed by atoms with Crippen LogP contribution in [-0.4, -0.2) is 47.7 Å². The van der Waals surface area contributed by atoms with E-state index in [2.05, 4.69) is 15.5 Å². The van der Waals surface area contributed by atoms with Crippen molar-refractivity contribution in [2.45, 2.75) is 12.6 Å². The van der Waals surface area contributed by atoms with E-state index in [1.165, 1.54) is 0 Å². The van der Waals surface area contributed by atoms with Crippen molar-refractivity contribution in [1.82, 2.24) is 20.4 Å². The molecule has 0 aliphatic carbocycles. The number of amides is 1. The van der Waals surface area contributed by atoms with Gasteiger partial charge >= 0.3 is 0 Å². The lowest BCUT2D eigenvalue weighted by Crippen LogP contribution is -2.48. The minimum atomic E-state index is -0.138. The number of ether oxygens (including phenoxy) is 1. The monoisotopic (exact) mass is 338 g/mol. The molecule has 1 aliphatic rings. The normalized spacial score (nSPS) is 17.6. The maximum atomic E-state index is 12.7. The molecule has 8 heteroatoms. The van der Waals surface area contributed by atoms with Crippen LogP contribution in [0.2, 0.25) is 0 Å². The molecule has 1 fully saturated rings. The van der Waals surface area contributed by atoms with Crippen molar-refractivity contribution >= 4 is 18.3 Å². The number of hydrogen-bond acceptors (Lipinski definition) is 6. The number of aromatic nitrogens is 2. The Morgan fingerprint density at radius 3 is 3.17 bits per heavy atom. The summed E-state index contributed by atoms with van der Waals surface area (Å²) in [7, 11) is 1.57. The van der Waals surface area contributed by atoms with Gasteiger partial charge in [-0.15, -0.1) is 12.4 Å². The van der Waals surface area contributed by atoms with Gasteiger partial charge in [-0.2, -0.15) is 0 Å². The maximum Gasteiger partial charge on any atom is 0.276 e. The Morgan fingerprint density at radius 2 is 2.43 bits per heavy atom. The molecule has 2 aromatic heterocycles. The van der Waals surface area contributed by atoms with Gasteiger partial charge in [-0.3, -0.25) is 9.78 Å². The predicted octanol–water partition coefficient (Wildman–Crippen LogP) is 1.42. The molecule has 2 aromatic rings. The first kappa shape index (κ1) is 17.4. The van der Waals surface area contributed by atoms with Crippen LogP contribution in [0.25, 0.3) is 0 Å². The largest absolute Gasteiger partial charge is 0.377 e. The summed E-state index contributed by atoms with van der Waals surface area (Å²) < 4.78 is 10.1. The Hall–Kier alpha value is -1.96. The molecule has 23 heavy (non-hydrogen) atoms. The van der Waals surface area contributed by atoms with Crippen LogP contribution in [0.4, 0.5) is 0 Å². The molecule has 7 nitrogen and oxygen atoms in total. The molecule has 1 atom stereocenters. The number of carbonyl (C=O) groups is 1. The first-order valence-electron chi connectivity index (χ1n) is 7.15. The van der Waals surface area contributed by atoms with Gasteiger partial charge in [0.2, 0.25) is 0 Å². The number of pyridine rings is 1. The zero-order valence-corrected chi connectivity index (χ0v) is 13.6. The second kappa shape index (κ2) is 8.05. The number of methoxy groups -OCH3 is 1. The van der Waals surface area contributed by atoms with E-state index >= 15 is 0 Å². The second-order valence-corrected chi connectivity index (χ2v) is 5.12. The van der Waals surface area contributed by atoms with Gasteiger partial charge < -0.3 is 19.5 Å². The summed E-state index contributed by atoms with van der Waals surface area (Å²) in [5.74, 6) is 0.403. The molecular formula is C15H19ClN4O3. The van der Waals surface area contributed by atoms with E-state index in [4.69, 9.17) is 9.26 Å². The molecular weight excluding hydrogens is 320 g/mol. The average molecular weight is 339 g/mol. The topological polar surface area (TPSA) is 80.5 Å². The third-order valence-corrected chi connectivity index (χ3v) is 3.64. The SMILES string of the molecule is COCc1cc(C(=O)N2CCNCC2c2cccnc2)no1.Cl. The van der Waals surface area contributed by atoms with Crippen LogP contribution in [0.3, 0.4) is 0 Å². The third kappa shape index (κ3) is 3.87. The van der Waals surface area contributed by atoms with Crippen LogP contribution in [0.5, 0.6) is 0 Å². The number of halogens is 1. The smallest absolute Gasteiger partial charge is 0.276 e. The minimum absolute atomic E-state index is 0. The van der Waals surface area contributed by atoms with E-state index in [1.54, 1.807) is 25.6 Å². The van der Waals surface area contributed by atoms with Crippen molar-refractivity contribution in [1.29, 1.82) is 0 Å². The van der Waals surface area contributed by atoms with E-state index in [9.17, 15) is 4.79 Å². The number of nitrogens with zero attached hydrogens (tertiary/aromatic N) is 3. The number of piperazine rings is 1. The van der Waals surface area contributed by atoms with E-state index in [1.807, 2.05) is 17.0 Å². The molecule has 3 rings (SSSR count). The van der Waals surface area contributed by atoms with Gasteiger partial charge in [0.1, 0.15) is 6.61 Å². The van der Waals surface area contributed by atoms with Crippen molar-refractivity contribution < 1.29 is 14.1 Å². The van der Waals surface area contributed by atoms with E-state index in [0.29, 0.717) is 31.2 Å². The molecule has 1 saturated heterocycles. The lowest BCUT2D eigenvalue weighted by atomic mass is 10.0. The highest BCUT2D eigenvalue weighted by molar-refractivity contribution is 5.92. The highest BCUT2D eigenvalue weighted by atomic mass is 35.5. The Kier molecular flexibility index (Phi) is 6.09. The Balaban J connectivity index is 0.00000192. The zero-order valence-electron chi connectivity index (χ0n) is 12.8. The summed E-state index contributed by atoms with van der Waals surface area (Å²) in [6, 6.07) is 5.43. The molecule has 1 amide bonds. The van der Waals surface area contributed by atoms with Crippen molar-refractivity contribution in [2.24, 2.45) is 0 Å². The fraction of sp³-hybridized carbons (Fsp3) is 0.400. The van der Waals surface area contributed by atoms with Crippen molar-refractivity contribution in [3.05, 3.63) is 47.6 Å². The zero-order chi connectivity index (χ0) is 15.4. The van der Waals surface area contributed by atoms with Crippen LogP contribution in [0, 0.1) is 0 Å². The van der Waals surface area contributed by atoms with Gasteiger partial charge in [0, 0.05) is 45.2 Å². The molecule has 124 valence electrons. The van der Waals surface area contributed by atoms with Gasteiger partial charge in [0.25, 0.3) is 5.91 Å². The number of nitrogens with one attached hydrogen (secondary N) is 1. The summed E-state index contributed by atoms with van der Waals surface area (Å²) in [5, 5.41) is 7.17. The summed E-state index contributed by atoms with van der Waals surface area (Å²) in [4.78, 5) is 18.7. The predicted molar refractivity (Wildman–Crippen MR) is 85.3 cm³/mol. The third-order valence-electron chi connectivity index (χ3n) is 3.64. The van der Waals surface area contributed by atoms with Gasteiger partial charge in [0.05, 0.1) is 6.04 Å². The average Bonchev–Trinajstić information content (AvgIpc) is 3.04. The molecule has 1 N–H and O–H groups in total. The Bertz CT molecular complexity index is 635. The van der Waals surface area contributed by atoms with E-state index in [-0.39, 0.29) is 24.4 Å². The van der Waals surface area contributed by atoms with Gasteiger partial charge in [-0.25, -0.2) is 0 Å². The highest BCUT2D eigenvalue weighted by Crippen LogP contribution is 2.23. The lowest BCUT2D eigenvalue weighted by Gasteiger charge is -2.35.